The number of nitrogens with zero attached hydrogens (tertiary/aromatic N) is 1. The van der Waals surface area contributed by atoms with Crippen LogP contribution in [0.25, 0.3) is 0 Å². The highest BCUT2D eigenvalue weighted by molar-refractivity contribution is 5.93. The van der Waals surface area contributed by atoms with Crippen LogP contribution in [0.2, 0.25) is 0 Å². The van der Waals surface area contributed by atoms with Gasteiger partial charge in [0, 0.05) is 18.7 Å². The molecule has 4 rings (SSSR count). The maximum atomic E-state index is 11.4. The number of hydrogen-bond acceptors (Lipinski definition) is 5. The molecule has 1 aromatic heterocycles. The van der Waals surface area contributed by atoms with Crippen molar-refractivity contribution in [3.63, 3.8) is 0 Å². The van der Waals surface area contributed by atoms with Gasteiger partial charge in [-0.3, -0.25) is 4.98 Å². The summed E-state index contributed by atoms with van der Waals surface area (Å²) in [7, 11) is 0. The number of benzene rings is 1. The molecule has 2 aliphatic rings. The molecule has 142 valence electrons. The van der Waals surface area contributed by atoms with Gasteiger partial charge in [0.25, 0.3) is 0 Å². The summed E-state index contributed by atoms with van der Waals surface area (Å²) >= 11 is 0. The first-order valence-corrected chi connectivity index (χ1v) is 9.61. The van der Waals surface area contributed by atoms with Gasteiger partial charge >= 0.3 is 5.97 Å². The molecule has 1 atom stereocenters. The van der Waals surface area contributed by atoms with Gasteiger partial charge < -0.3 is 20.5 Å². The molecule has 3 N–H and O–H groups in total. The van der Waals surface area contributed by atoms with E-state index in [2.05, 4.69) is 33.8 Å². The Kier molecular flexibility index (Phi) is 5.25. The number of anilines is 1. The third kappa shape index (κ3) is 3.90. The molecule has 0 aliphatic carbocycles. The average Bonchev–Trinajstić information content (AvgIpc) is 2.72. The predicted octanol–water partition coefficient (Wildman–Crippen LogP) is 3.23. The Morgan fingerprint density at radius 1 is 1.26 bits per heavy atom. The number of pyridine rings is 1. The van der Waals surface area contributed by atoms with Gasteiger partial charge in [-0.1, -0.05) is 12.1 Å². The fraction of sp³-hybridized carbons (Fsp3) is 0.429. The molecular formula is C21H25N3O3. The lowest BCUT2D eigenvalue weighted by molar-refractivity contribution is 0.0697. The number of ether oxygens (including phenoxy) is 1. The minimum atomic E-state index is -0.945. The Morgan fingerprint density at radius 2 is 2.11 bits per heavy atom. The summed E-state index contributed by atoms with van der Waals surface area (Å²) in [6.07, 6.45) is 6.32. The molecule has 0 radical (unpaired) electrons. The Bertz CT molecular complexity index is 818. The molecule has 27 heavy (non-hydrogen) atoms. The summed E-state index contributed by atoms with van der Waals surface area (Å²) in [6.45, 7) is 3.50. The van der Waals surface area contributed by atoms with E-state index in [1.807, 2.05) is 0 Å². The Hall–Kier alpha value is -2.60. The van der Waals surface area contributed by atoms with Crippen molar-refractivity contribution >= 4 is 11.7 Å². The second-order valence-electron chi connectivity index (χ2n) is 7.26. The van der Waals surface area contributed by atoms with E-state index in [0.29, 0.717) is 24.8 Å². The SMILES string of the molecule is O=C(O)c1ccncc1NC[C@H]1CCOc2cc(C3CCNCC3)ccc21. The van der Waals surface area contributed by atoms with Crippen molar-refractivity contribution < 1.29 is 14.6 Å². The molecule has 1 fully saturated rings. The summed E-state index contributed by atoms with van der Waals surface area (Å²) < 4.78 is 5.95. The normalized spacial score (nSPS) is 19.8. The fourth-order valence-corrected chi connectivity index (χ4v) is 4.06. The summed E-state index contributed by atoms with van der Waals surface area (Å²) in [5.74, 6) is 0.928. The van der Waals surface area contributed by atoms with E-state index in [9.17, 15) is 9.90 Å². The third-order valence-electron chi connectivity index (χ3n) is 5.60. The Morgan fingerprint density at radius 3 is 2.93 bits per heavy atom. The second-order valence-corrected chi connectivity index (χ2v) is 7.26. The number of aromatic nitrogens is 1. The van der Waals surface area contributed by atoms with Crippen LogP contribution < -0.4 is 15.4 Å². The number of carboxylic acid groups (broad SMARTS) is 1. The van der Waals surface area contributed by atoms with E-state index in [0.717, 1.165) is 25.3 Å². The summed E-state index contributed by atoms with van der Waals surface area (Å²) in [4.78, 5) is 15.4. The third-order valence-corrected chi connectivity index (χ3v) is 5.60. The van der Waals surface area contributed by atoms with E-state index < -0.39 is 5.97 Å². The molecule has 0 saturated carbocycles. The van der Waals surface area contributed by atoms with Crippen LogP contribution in [-0.2, 0) is 0 Å². The highest BCUT2D eigenvalue weighted by atomic mass is 16.5. The fourth-order valence-electron chi connectivity index (χ4n) is 4.06. The van der Waals surface area contributed by atoms with Crippen molar-refractivity contribution in [3.05, 3.63) is 53.3 Å². The molecule has 1 aromatic carbocycles. The second kappa shape index (κ2) is 7.96. The van der Waals surface area contributed by atoms with Crippen LogP contribution in [0.3, 0.4) is 0 Å². The molecule has 0 amide bonds. The standard InChI is InChI=1S/C21H25N3O3/c25-21(26)18-5-9-23-13-19(18)24-12-16-6-10-27-20-11-15(1-2-17(16)20)14-3-7-22-8-4-14/h1-2,5,9,11,13-14,16,22,24H,3-4,6-8,10,12H2,(H,25,26)/t16-/m1/s1. The lowest BCUT2D eigenvalue weighted by Gasteiger charge is -2.29. The highest BCUT2D eigenvalue weighted by Crippen LogP contribution is 2.37. The van der Waals surface area contributed by atoms with Gasteiger partial charge in [0.15, 0.2) is 0 Å². The molecule has 6 nitrogen and oxygen atoms in total. The number of hydrogen-bond donors (Lipinski definition) is 3. The zero-order chi connectivity index (χ0) is 18.6. The van der Waals surface area contributed by atoms with Crippen molar-refractivity contribution in [1.29, 1.82) is 0 Å². The molecule has 2 aromatic rings. The van der Waals surface area contributed by atoms with E-state index >= 15 is 0 Å². The monoisotopic (exact) mass is 367 g/mol. The van der Waals surface area contributed by atoms with Crippen LogP contribution >= 0.6 is 0 Å². The van der Waals surface area contributed by atoms with Gasteiger partial charge in [-0.05, 0) is 61.5 Å². The van der Waals surface area contributed by atoms with Gasteiger partial charge in [-0.25, -0.2) is 4.79 Å². The van der Waals surface area contributed by atoms with Crippen LogP contribution in [-0.4, -0.2) is 42.3 Å². The van der Waals surface area contributed by atoms with Gasteiger partial charge in [-0.2, -0.15) is 0 Å². The van der Waals surface area contributed by atoms with Crippen molar-refractivity contribution in [3.8, 4) is 5.75 Å². The number of carbonyl (C=O) groups is 1. The zero-order valence-corrected chi connectivity index (χ0v) is 15.3. The smallest absolute Gasteiger partial charge is 0.337 e. The van der Waals surface area contributed by atoms with Gasteiger partial charge in [-0.15, -0.1) is 0 Å². The summed E-state index contributed by atoms with van der Waals surface area (Å²) in [5, 5.41) is 16.0. The average molecular weight is 367 g/mol. The first-order chi connectivity index (χ1) is 13.2. The first kappa shape index (κ1) is 17.8. The number of nitrogens with one attached hydrogen (secondary N) is 2. The molecule has 0 unspecified atom stereocenters. The highest BCUT2D eigenvalue weighted by Gasteiger charge is 2.24. The predicted molar refractivity (Wildman–Crippen MR) is 104 cm³/mol. The molecular weight excluding hydrogens is 342 g/mol. The van der Waals surface area contributed by atoms with Gasteiger partial charge in [0.1, 0.15) is 5.75 Å². The minimum absolute atomic E-state index is 0.249. The molecule has 0 spiro atoms. The van der Waals surface area contributed by atoms with E-state index in [1.54, 1.807) is 6.20 Å². The van der Waals surface area contributed by atoms with Gasteiger partial charge in [0.2, 0.25) is 0 Å². The Balaban J connectivity index is 1.49. The van der Waals surface area contributed by atoms with Crippen molar-refractivity contribution in [2.24, 2.45) is 0 Å². The maximum Gasteiger partial charge on any atom is 0.337 e. The minimum Gasteiger partial charge on any atom is -0.493 e. The number of fused-ring (bicyclic) bond motifs is 1. The van der Waals surface area contributed by atoms with Crippen LogP contribution in [0, 0.1) is 0 Å². The number of rotatable bonds is 5. The maximum absolute atomic E-state index is 11.4. The topological polar surface area (TPSA) is 83.5 Å². The van der Waals surface area contributed by atoms with Crippen LogP contribution in [0.5, 0.6) is 5.75 Å². The van der Waals surface area contributed by atoms with E-state index in [4.69, 9.17) is 4.74 Å². The number of piperidine rings is 1. The lowest BCUT2D eigenvalue weighted by Crippen LogP contribution is -2.27. The molecule has 2 aliphatic heterocycles. The first-order valence-electron chi connectivity index (χ1n) is 9.61. The van der Waals surface area contributed by atoms with Crippen LogP contribution in [0.15, 0.2) is 36.7 Å². The summed E-state index contributed by atoms with van der Waals surface area (Å²) in [6, 6.07) is 8.17. The van der Waals surface area contributed by atoms with Crippen molar-refractivity contribution in [2.45, 2.75) is 31.1 Å². The Labute approximate surface area is 159 Å². The quantitative estimate of drug-likeness (QED) is 0.753. The molecule has 3 heterocycles. The van der Waals surface area contributed by atoms with Crippen molar-refractivity contribution in [2.75, 3.05) is 31.6 Å². The van der Waals surface area contributed by atoms with E-state index in [-0.39, 0.29) is 11.5 Å². The van der Waals surface area contributed by atoms with Crippen molar-refractivity contribution in [1.82, 2.24) is 10.3 Å². The number of aromatic carboxylic acids is 1. The van der Waals surface area contributed by atoms with Crippen LogP contribution in [0.4, 0.5) is 5.69 Å². The molecule has 0 bridgehead atoms. The van der Waals surface area contributed by atoms with Gasteiger partial charge in [0.05, 0.1) is 24.1 Å². The molecule has 1 saturated heterocycles. The largest absolute Gasteiger partial charge is 0.493 e. The van der Waals surface area contributed by atoms with E-state index in [1.165, 1.54) is 36.2 Å². The number of carboxylic acids is 1. The zero-order valence-electron chi connectivity index (χ0n) is 15.3. The molecule has 6 heteroatoms. The van der Waals surface area contributed by atoms with Crippen LogP contribution in [0.1, 0.15) is 52.6 Å². The summed E-state index contributed by atoms with van der Waals surface area (Å²) in [5.41, 5.74) is 3.37. The lowest BCUT2D eigenvalue weighted by atomic mass is 9.86.